The van der Waals surface area contributed by atoms with E-state index in [1.807, 2.05) is 0 Å². The van der Waals surface area contributed by atoms with Crippen molar-refractivity contribution in [1.82, 2.24) is 9.62 Å². The summed E-state index contributed by atoms with van der Waals surface area (Å²) in [5, 5.41) is 12.5. The third-order valence-electron chi connectivity index (χ3n) is 4.50. The maximum atomic E-state index is 12.6. The van der Waals surface area contributed by atoms with Crippen LogP contribution in [0, 0.1) is 5.92 Å². The Morgan fingerprint density at radius 3 is 2.45 bits per heavy atom. The summed E-state index contributed by atoms with van der Waals surface area (Å²) in [5.74, 6) is 0.575. The molecule has 1 saturated heterocycles. The van der Waals surface area contributed by atoms with Crippen molar-refractivity contribution in [3.63, 3.8) is 0 Å². The van der Waals surface area contributed by atoms with Gasteiger partial charge in [-0.15, -0.1) is 0 Å². The average molecular weight is 304 g/mol. The molecule has 1 aliphatic carbocycles. The highest BCUT2D eigenvalue weighted by atomic mass is 32.2. The minimum atomic E-state index is -3.24. The quantitative estimate of drug-likeness (QED) is 0.734. The Labute approximate surface area is 122 Å². The third-order valence-corrected chi connectivity index (χ3v) is 6.51. The van der Waals surface area contributed by atoms with Gasteiger partial charge in [-0.1, -0.05) is 19.3 Å². The lowest BCUT2D eigenvalue weighted by Crippen LogP contribution is -2.44. The van der Waals surface area contributed by atoms with E-state index in [-0.39, 0.29) is 24.9 Å². The van der Waals surface area contributed by atoms with Crippen molar-refractivity contribution in [3.8, 4) is 0 Å². The van der Waals surface area contributed by atoms with Gasteiger partial charge in [0.1, 0.15) is 0 Å². The fourth-order valence-corrected chi connectivity index (χ4v) is 5.28. The number of sulfonamides is 1. The number of aliphatic hydroxyl groups is 1. The average Bonchev–Trinajstić information content (AvgIpc) is 2.92. The highest BCUT2D eigenvalue weighted by molar-refractivity contribution is 7.89. The predicted molar refractivity (Wildman–Crippen MR) is 80.0 cm³/mol. The molecule has 5 nitrogen and oxygen atoms in total. The van der Waals surface area contributed by atoms with Crippen molar-refractivity contribution in [1.29, 1.82) is 0 Å². The van der Waals surface area contributed by atoms with E-state index in [9.17, 15) is 8.42 Å². The summed E-state index contributed by atoms with van der Waals surface area (Å²) in [6.45, 7) is 1.61. The van der Waals surface area contributed by atoms with Crippen LogP contribution in [0.25, 0.3) is 0 Å². The lowest BCUT2D eigenvalue weighted by molar-refractivity contribution is 0.245. The van der Waals surface area contributed by atoms with Gasteiger partial charge < -0.3 is 10.4 Å². The lowest BCUT2D eigenvalue weighted by atomic mass is 9.91. The first-order valence-electron chi connectivity index (χ1n) is 7.94. The Hall–Kier alpha value is -0.170. The number of nitrogens with one attached hydrogen (secondary N) is 1. The van der Waals surface area contributed by atoms with Crippen molar-refractivity contribution in [2.24, 2.45) is 5.92 Å². The van der Waals surface area contributed by atoms with Gasteiger partial charge in [0.05, 0.1) is 12.4 Å². The molecule has 6 heteroatoms. The molecule has 0 aromatic carbocycles. The summed E-state index contributed by atoms with van der Waals surface area (Å²) in [6.07, 6.45) is 7.76. The topological polar surface area (TPSA) is 69.6 Å². The standard InChI is InChI=1S/C14H28N2O3S/c17-10-9-16(11-14-7-4-8-15-14)20(18,19)12-13-5-2-1-3-6-13/h13-15,17H,1-12H2. The van der Waals surface area contributed by atoms with Gasteiger partial charge in [0, 0.05) is 19.1 Å². The maximum absolute atomic E-state index is 12.6. The molecule has 20 heavy (non-hydrogen) atoms. The summed E-state index contributed by atoms with van der Waals surface area (Å²) < 4.78 is 26.6. The fourth-order valence-electron chi connectivity index (χ4n) is 3.37. The van der Waals surface area contributed by atoms with Crippen LogP contribution in [-0.4, -0.2) is 55.9 Å². The summed E-state index contributed by atoms with van der Waals surface area (Å²) in [6, 6.07) is 0.252. The smallest absolute Gasteiger partial charge is 0.214 e. The van der Waals surface area contributed by atoms with Crippen LogP contribution in [0.5, 0.6) is 0 Å². The molecule has 0 aromatic heterocycles. The van der Waals surface area contributed by atoms with Crippen LogP contribution in [0.15, 0.2) is 0 Å². The van der Waals surface area contributed by atoms with E-state index in [1.54, 1.807) is 0 Å². The molecule has 1 saturated carbocycles. The second-order valence-electron chi connectivity index (χ2n) is 6.16. The van der Waals surface area contributed by atoms with Gasteiger partial charge in [-0.05, 0) is 38.1 Å². The van der Waals surface area contributed by atoms with Gasteiger partial charge in [0.2, 0.25) is 10.0 Å². The fraction of sp³-hybridized carbons (Fsp3) is 1.00. The van der Waals surface area contributed by atoms with Crippen LogP contribution in [0.3, 0.4) is 0 Å². The molecule has 0 aromatic rings. The van der Waals surface area contributed by atoms with Gasteiger partial charge in [0.25, 0.3) is 0 Å². The molecule has 1 atom stereocenters. The van der Waals surface area contributed by atoms with Crippen molar-refractivity contribution in [2.75, 3.05) is 32.0 Å². The molecule has 118 valence electrons. The Bertz CT molecular complexity index is 374. The van der Waals surface area contributed by atoms with Crippen LogP contribution in [0.1, 0.15) is 44.9 Å². The number of nitrogens with zero attached hydrogens (tertiary/aromatic N) is 1. The SMILES string of the molecule is O=S(=O)(CC1CCCCC1)N(CCO)CC1CCCN1. The summed E-state index contributed by atoms with van der Waals surface area (Å²) in [7, 11) is -3.24. The summed E-state index contributed by atoms with van der Waals surface area (Å²) >= 11 is 0. The molecule has 1 unspecified atom stereocenters. The molecule has 2 fully saturated rings. The van der Waals surface area contributed by atoms with Crippen LogP contribution in [-0.2, 0) is 10.0 Å². The summed E-state index contributed by atoms with van der Waals surface area (Å²) in [4.78, 5) is 0. The van der Waals surface area contributed by atoms with Crippen molar-refractivity contribution < 1.29 is 13.5 Å². The van der Waals surface area contributed by atoms with Gasteiger partial charge >= 0.3 is 0 Å². The van der Waals surface area contributed by atoms with Gasteiger partial charge in [0.15, 0.2) is 0 Å². The molecule has 2 aliphatic rings. The number of rotatable bonds is 7. The molecule has 2 N–H and O–H groups in total. The second-order valence-corrected chi connectivity index (χ2v) is 8.17. The monoisotopic (exact) mass is 304 g/mol. The first-order chi connectivity index (χ1) is 9.62. The molecule has 0 bridgehead atoms. The van der Waals surface area contributed by atoms with Gasteiger partial charge in [-0.25, -0.2) is 8.42 Å². The zero-order valence-corrected chi connectivity index (χ0v) is 13.1. The molecule has 1 aliphatic heterocycles. The Balaban J connectivity index is 1.93. The van der Waals surface area contributed by atoms with E-state index in [4.69, 9.17) is 5.11 Å². The first-order valence-corrected chi connectivity index (χ1v) is 9.55. The van der Waals surface area contributed by atoms with Crippen molar-refractivity contribution in [2.45, 2.75) is 51.0 Å². The number of hydrogen-bond donors (Lipinski definition) is 2. The Kier molecular flexibility index (Phi) is 6.26. The minimum Gasteiger partial charge on any atom is -0.395 e. The summed E-state index contributed by atoms with van der Waals surface area (Å²) in [5.41, 5.74) is 0. The van der Waals surface area contributed by atoms with E-state index >= 15 is 0 Å². The molecular formula is C14H28N2O3S. The molecular weight excluding hydrogens is 276 g/mol. The zero-order valence-electron chi connectivity index (χ0n) is 12.3. The van der Waals surface area contributed by atoms with Crippen LogP contribution < -0.4 is 5.32 Å². The molecule has 0 spiro atoms. The molecule has 1 heterocycles. The largest absolute Gasteiger partial charge is 0.395 e. The van der Waals surface area contributed by atoms with Crippen LogP contribution >= 0.6 is 0 Å². The van der Waals surface area contributed by atoms with Gasteiger partial charge in [-0.3, -0.25) is 0 Å². The van der Waals surface area contributed by atoms with Gasteiger partial charge in [-0.2, -0.15) is 4.31 Å². The predicted octanol–water partition coefficient (Wildman–Crippen LogP) is 0.943. The van der Waals surface area contributed by atoms with Crippen LogP contribution in [0.2, 0.25) is 0 Å². The molecule has 0 radical (unpaired) electrons. The van der Waals surface area contributed by atoms with Crippen LogP contribution in [0.4, 0.5) is 0 Å². The van der Waals surface area contributed by atoms with Crippen molar-refractivity contribution >= 4 is 10.0 Å². The number of hydrogen-bond acceptors (Lipinski definition) is 4. The van der Waals surface area contributed by atoms with E-state index < -0.39 is 10.0 Å². The molecule has 0 amide bonds. The number of aliphatic hydroxyl groups excluding tert-OH is 1. The third kappa shape index (κ3) is 4.69. The van der Waals surface area contributed by atoms with Crippen molar-refractivity contribution in [3.05, 3.63) is 0 Å². The minimum absolute atomic E-state index is 0.101. The Morgan fingerprint density at radius 1 is 1.10 bits per heavy atom. The van der Waals surface area contributed by atoms with E-state index in [0.717, 1.165) is 45.1 Å². The normalized spacial score (nSPS) is 25.4. The lowest BCUT2D eigenvalue weighted by Gasteiger charge is -2.28. The highest BCUT2D eigenvalue weighted by Gasteiger charge is 2.29. The molecule has 2 rings (SSSR count). The Morgan fingerprint density at radius 2 is 1.85 bits per heavy atom. The zero-order chi connectivity index (χ0) is 14.4. The highest BCUT2D eigenvalue weighted by Crippen LogP contribution is 2.26. The first kappa shape index (κ1) is 16.2. The second kappa shape index (κ2) is 7.73. The van der Waals surface area contributed by atoms with E-state index in [0.29, 0.717) is 12.5 Å². The maximum Gasteiger partial charge on any atom is 0.214 e. The van der Waals surface area contributed by atoms with E-state index in [2.05, 4.69) is 5.32 Å². The van der Waals surface area contributed by atoms with E-state index in [1.165, 1.54) is 10.7 Å².